The lowest BCUT2D eigenvalue weighted by atomic mass is 9.98. The van der Waals surface area contributed by atoms with E-state index in [1.165, 1.54) is 5.56 Å². The Bertz CT molecular complexity index is 1170. The van der Waals surface area contributed by atoms with Gasteiger partial charge in [-0.05, 0) is 95.1 Å². The zero-order chi connectivity index (χ0) is 20.4. The standard InChI is InChI=1S/C24H21IN2O2/c1-3-15(2)17-9-12-22-21(14-17)27-24(29-22)18-5-4-6-20(13-18)26-23(28)16-7-10-19(25)11-8-16/h4-15H,3H2,1-2H3,(H,26,28)/t15-/m0/s1. The van der Waals surface area contributed by atoms with E-state index in [4.69, 9.17) is 4.42 Å². The Morgan fingerprint density at radius 3 is 2.66 bits per heavy atom. The van der Waals surface area contributed by atoms with Crippen LogP contribution in [0.15, 0.2) is 71.1 Å². The lowest BCUT2D eigenvalue weighted by molar-refractivity contribution is 0.102. The minimum Gasteiger partial charge on any atom is -0.436 e. The Morgan fingerprint density at radius 2 is 1.90 bits per heavy atom. The van der Waals surface area contributed by atoms with Crippen molar-refractivity contribution in [2.75, 3.05) is 5.32 Å². The Hall–Kier alpha value is -2.67. The second kappa shape index (κ2) is 8.37. The summed E-state index contributed by atoms with van der Waals surface area (Å²) >= 11 is 2.22. The van der Waals surface area contributed by atoms with Crippen molar-refractivity contribution >= 4 is 45.3 Å². The summed E-state index contributed by atoms with van der Waals surface area (Å²) in [6.45, 7) is 4.39. The molecule has 1 N–H and O–H groups in total. The number of fused-ring (bicyclic) bond motifs is 1. The van der Waals surface area contributed by atoms with Crippen LogP contribution < -0.4 is 5.32 Å². The fourth-order valence-corrected chi connectivity index (χ4v) is 3.50. The molecule has 29 heavy (non-hydrogen) atoms. The summed E-state index contributed by atoms with van der Waals surface area (Å²) < 4.78 is 7.05. The highest BCUT2D eigenvalue weighted by Crippen LogP contribution is 2.29. The van der Waals surface area contributed by atoms with Gasteiger partial charge in [-0.15, -0.1) is 0 Å². The van der Waals surface area contributed by atoms with Gasteiger partial charge in [0.2, 0.25) is 5.89 Å². The number of benzene rings is 3. The van der Waals surface area contributed by atoms with Crippen molar-refractivity contribution < 1.29 is 9.21 Å². The van der Waals surface area contributed by atoms with E-state index in [-0.39, 0.29) is 5.91 Å². The van der Waals surface area contributed by atoms with Crippen LogP contribution >= 0.6 is 22.6 Å². The highest BCUT2D eigenvalue weighted by Gasteiger charge is 2.12. The Morgan fingerprint density at radius 1 is 1.10 bits per heavy atom. The molecule has 0 aliphatic heterocycles. The number of anilines is 1. The molecule has 0 aliphatic rings. The summed E-state index contributed by atoms with van der Waals surface area (Å²) in [5, 5.41) is 2.94. The van der Waals surface area contributed by atoms with Crippen LogP contribution in [0.4, 0.5) is 5.69 Å². The minimum absolute atomic E-state index is 0.144. The molecule has 0 radical (unpaired) electrons. The molecule has 3 aromatic carbocycles. The molecule has 0 bridgehead atoms. The number of nitrogens with zero attached hydrogens (tertiary/aromatic N) is 1. The molecule has 1 amide bonds. The van der Waals surface area contributed by atoms with E-state index in [1.54, 1.807) is 0 Å². The van der Waals surface area contributed by atoms with Gasteiger partial charge in [-0.25, -0.2) is 4.98 Å². The van der Waals surface area contributed by atoms with Crippen LogP contribution in [-0.4, -0.2) is 10.9 Å². The normalized spacial score (nSPS) is 12.1. The van der Waals surface area contributed by atoms with Gasteiger partial charge in [0.1, 0.15) is 5.52 Å². The fraction of sp³-hybridized carbons (Fsp3) is 0.167. The number of hydrogen-bond acceptors (Lipinski definition) is 3. The van der Waals surface area contributed by atoms with Gasteiger partial charge in [0, 0.05) is 20.4 Å². The largest absolute Gasteiger partial charge is 0.436 e. The monoisotopic (exact) mass is 496 g/mol. The van der Waals surface area contributed by atoms with Gasteiger partial charge in [0.15, 0.2) is 5.58 Å². The second-order valence-electron chi connectivity index (χ2n) is 7.10. The molecule has 0 spiro atoms. The topological polar surface area (TPSA) is 55.1 Å². The van der Waals surface area contributed by atoms with Crippen LogP contribution in [0, 0.1) is 3.57 Å². The molecule has 1 heterocycles. The first-order valence-corrected chi connectivity index (χ1v) is 10.7. The number of nitrogens with one attached hydrogen (secondary N) is 1. The molecule has 5 heteroatoms. The number of rotatable bonds is 5. The van der Waals surface area contributed by atoms with Crippen LogP contribution in [0.1, 0.15) is 42.1 Å². The molecule has 1 atom stereocenters. The molecule has 146 valence electrons. The van der Waals surface area contributed by atoms with Gasteiger partial charge < -0.3 is 9.73 Å². The fourth-order valence-electron chi connectivity index (χ4n) is 3.14. The summed E-state index contributed by atoms with van der Waals surface area (Å²) in [4.78, 5) is 17.2. The third kappa shape index (κ3) is 4.34. The SMILES string of the molecule is CC[C@H](C)c1ccc2oc(-c3cccc(NC(=O)c4ccc(I)cc4)c3)nc2c1. The number of amides is 1. The van der Waals surface area contributed by atoms with E-state index >= 15 is 0 Å². The molecule has 0 saturated heterocycles. The van der Waals surface area contributed by atoms with Gasteiger partial charge in [-0.1, -0.05) is 26.0 Å². The number of carbonyl (C=O) groups is 1. The summed E-state index contributed by atoms with van der Waals surface area (Å²) in [5.41, 5.74) is 5.03. The highest BCUT2D eigenvalue weighted by atomic mass is 127. The molecule has 4 rings (SSSR count). The lowest BCUT2D eigenvalue weighted by Crippen LogP contribution is -2.11. The van der Waals surface area contributed by atoms with E-state index in [0.717, 1.165) is 26.7 Å². The number of aromatic nitrogens is 1. The maximum Gasteiger partial charge on any atom is 0.255 e. The molecular weight excluding hydrogens is 475 g/mol. The smallest absolute Gasteiger partial charge is 0.255 e. The highest BCUT2D eigenvalue weighted by molar-refractivity contribution is 14.1. The average molecular weight is 496 g/mol. The van der Waals surface area contributed by atoms with Crippen molar-refractivity contribution in [1.29, 1.82) is 0 Å². The lowest BCUT2D eigenvalue weighted by Gasteiger charge is -2.07. The van der Waals surface area contributed by atoms with Crippen molar-refractivity contribution in [3.8, 4) is 11.5 Å². The van der Waals surface area contributed by atoms with E-state index in [9.17, 15) is 4.79 Å². The summed E-state index contributed by atoms with van der Waals surface area (Å²) in [5.74, 6) is 0.889. The van der Waals surface area contributed by atoms with Gasteiger partial charge in [-0.2, -0.15) is 0 Å². The van der Waals surface area contributed by atoms with E-state index in [1.807, 2.05) is 54.6 Å². The molecule has 1 aromatic heterocycles. The van der Waals surface area contributed by atoms with Gasteiger partial charge >= 0.3 is 0 Å². The van der Waals surface area contributed by atoms with Crippen molar-refractivity contribution in [3.05, 3.63) is 81.4 Å². The van der Waals surface area contributed by atoms with Crippen LogP contribution in [0.3, 0.4) is 0 Å². The molecule has 0 aliphatic carbocycles. The number of carbonyl (C=O) groups excluding carboxylic acids is 1. The number of hydrogen-bond donors (Lipinski definition) is 1. The molecule has 0 fully saturated rings. The van der Waals surface area contributed by atoms with Gasteiger partial charge in [0.05, 0.1) is 0 Å². The summed E-state index contributed by atoms with van der Waals surface area (Å²) in [6.07, 6.45) is 1.08. The van der Waals surface area contributed by atoms with E-state index in [0.29, 0.717) is 23.1 Å². The zero-order valence-corrected chi connectivity index (χ0v) is 18.4. The first kappa shape index (κ1) is 19.6. The predicted molar refractivity (Wildman–Crippen MR) is 125 cm³/mol. The Balaban J connectivity index is 1.59. The Labute approximate surface area is 183 Å². The quantitative estimate of drug-likeness (QED) is 0.307. The second-order valence-corrected chi connectivity index (χ2v) is 8.34. The van der Waals surface area contributed by atoms with Crippen LogP contribution in [-0.2, 0) is 0 Å². The zero-order valence-electron chi connectivity index (χ0n) is 16.3. The summed E-state index contributed by atoms with van der Waals surface area (Å²) in [7, 11) is 0. The first-order valence-electron chi connectivity index (χ1n) is 9.61. The first-order chi connectivity index (χ1) is 14.0. The van der Waals surface area contributed by atoms with Crippen LogP contribution in [0.2, 0.25) is 0 Å². The number of oxazole rings is 1. The van der Waals surface area contributed by atoms with E-state index < -0.39 is 0 Å². The Kier molecular flexibility index (Phi) is 5.67. The van der Waals surface area contributed by atoms with Crippen molar-refractivity contribution in [3.63, 3.8) is 0 Å². The van der Waals surface area contributed by atoms with Crippen LogP contribution in [0.5, 0.6) is 0 Å². The van der Waals surface area contributed by atoms with Crippen LogP contribution in [0.25, 0.3) is 22.6 Å². The minimum atomic E-state index is -0.144. The van der Waals surface area contributed by atoms with Gasteiger partial charge in [0.25, 0.3) is 5.91 Å². The molecular formula is C24H21IN2O2. The third-order valence-electron chi connectivity index (χ3n) is 5.07. The van der Waals surface area contributed by atoms with Crippen molar-refractivity contribution in [2.24, 2.45) is 0 Å². The molecule has 4 aromatic rings. The number of halogens is 1. The maximum absolute atomic E-state index is 12.5. The molecule has 0 unspecified atom stereocenters. The maximum atomic E-state index is 12.5. The van der Waals surface area contributed by atoms with Gasteiger partial charge in [-0.3, -0.25) is 4.79 Å². The molecule has 0 saturated carbocycles. The van der Waals surface area contributed by atoms with Crippen molar-refractivity contribution in [2.45, 2.75) is 26.2 Å². The third-order valence-corrected chi connectivity index (χ3v) is 5.79. The predicted octanol–water partition coefficient (Wildman–Crippen LogP) is 6.87. The summed E-state index contributed by atoms with van der Waals surface area (Å²) in [6, 6.07) is 21.2. The van der Waals surface area contributed by atoms with E-state index in [2.05, 4.69) is 58.9 Å². The average Bonchev–Trinajstić information content (AvgIpc) is 3.17. The molecule has 4 nitrogen and oxygen atoms in total. The van der Waals surface area contributed by atoms with Crippen molar-refractivity contribution in [1.82, 2.24) is 4.98 Å².